The summed E-state index contributed by atoms with van der Waals surface area (Å²) in [6, 6.07) is 11.2. The molecule has 2 amide bonds. The Hall–Kier alpha value is -3.88. The zero-order valence-corrected chi connectivity index (χ0v) is 16.4. The minimum atomic E-state index is -1.06. The van der Waals surface area contributed by atoms with Crippen LogP contribution in [0, 0.1) is 5.92 Å². The van der Waals surface area contributed by atoms with E-state index < -0.39 is 29.8 Å². The van der Waals surface area contributed by atoms with Crippen molar-refractivity contribution in [3.05, 3.63) is 48.0 Å². The summed E-state index contributed by atoms with van der Waals surface area (Å²) in [4.78, 5) is 43.5. The number of imide groups is 1. The van der Waals surface area contributed by atoms with Gasteiger partial charge in [-0.1, -0.05) is 5.16 Å². The van der Waals surface area contributed by atoms with E-state index in [-0.39, 0.29) is 0 Å². The molecule has 4 rings (SSSR count). The second-order valence-corrected chi connectivity index (χ2v) is 6.65. The van der Waals surface area contributed by atoms with Gasteiger partial charge >= 0.3 is 5.97 Å². The van der Waals surface area contributed by atoms with Crippen molar-refractivity contribution in [1.82, 2.24) is 0 Å². The molecule has 9 nitrogen and oxygen atoms in total. The summed E-state index contributed by atoms with van der Waals surface area (Å²) in [5.41, 5.74) is 1.15. The normalized spacial score (nSPS) is 19.8. The molecule has 0 N–H and O–H groups in total. The van der Waals surface area contributed by atoms with Crippen molar-refractivity contribution in [2.45, 2.75) is 13.0 Å². The number of methoxy groups -OCH3 is 2. The van der Waals surface area contributed by atoms with Crippen LogP contribution < -0.4 is 19.1 Å². The van der Waals surface area contributed by atoms with E-state index in [1.807, 2.05) is 0 Å². The van der Waals surface area contributed by atoms with Gasteiger partial charge in [0.25, 0.3) is 5.91 Å². The molecule has 0 saturated carbocycles. The number of anilines is 1. The van der Waals surface area contributed by atoms with Crippen LogP contribution in [-0.4, -0.2) is 43.8 Å². The number of fused-ring (bicyclic) bond motifs is 1. The highest BCUT2D eigenvalue weighted by Gasteiger charge is 2.56. The first-order chi connectivity index (χ1) is 14.4. The van der Waals surface area contributed by atoms with Crippen molar-refractivity contribution in [2.24, 2.45) is 11.1 Å². The number of amides is 2. The summed E-state index contributed by atoms with van der Waals surface area (Å²) >= 11 is 0. The Morgan fingerprint density at radius 1 is 1.00 bits per heavy atom. The van der Waals surface area contributed by atoms with Gasteiger partial charge in [0.1, 0.15) is 28.9 Å². The highest BCUT2D eigenvalue weighted by molar-refractivity contribution is 6.32. The van der Waals surface area contributed by atoms with Gasteiger partial charge in [-0.25, -0.2) is 4.90 Å². The number of carbonyl (C=O) groups is 3. The Bertz CT molecular complexity index is 1060. The molecule has 2 aromatic rings. The lowest BCUT2D eigenvalue weighted by Gasteiger charge is -2.16. The molecule has 2 aliphatic rings. The van der Waals surface area contributed by atoms with Gasteiger partial charge in [0.05, 0.1) is 19.9 Å². The number of hydrogen-bond acceptors (Lipinski definition) is 8. The third-order valence-electron chi connectivity index (χ3n) is 4.85. The summed E-state index contributed by atoms with van der Waals surface area (Å²) in [6.45, 7) is 1.29. The maximum Gasteiger partial charge on any atom is 0.308 e. The Morgan fingerprint density at radius 3 is 2.33 bits per heavy atom. The third kappa shape index (κ3) is 3.14. The second kappa shape index (κ2) is 7.51. The monoisotopic (exact) mass is 410 g/mol. The van der Waals surface area contributed by atoms with Crippen LogP contribution in [0.3, 0.4) is 0 Å². The van der Waals surface area contributed by atoms with Gasteiger partial charge in [-0.05, 0) is 42.5 Å². The van der Waals surface area contributed by atoms with Crippen LogP contribution in [0.15, 0.2) is 47.6 Å². The predicted molar refractivity (Wildman–Crippen MR) is 105 cm³/mol. The topological polar surface area (TPSA) is 104 Å². The van der Waals surface area contributed by atoms with E-state index in [0.717, 1.165) is 4.90 Å². The number of ether oxygens (including phenoxy) is 3. The minimum Gasteiger partial charge on any atom is -0.497 e. The van der Waals surface area contributed by atoms with E-state index in [1.54, 1.807) is 18.2 Å². The van der Waals surface area contributed by atoms with Gasteiger partial charge in [-0.15, -0.1) is 0 Å². The van der Waals surface area contributed by atoms with E-state index in [1.165, 1.54) is 45.4 Å². The fraction of sp³-hybridized carbons (Fsp3) is 0.238. The van der Waals surface area contributed by atoms with E-state index >= 15 is 0 Å². The lowest BCUT2D eigenvalue weighted by molar-refractivity contribution is -0.132. The first kappa shape index (κ1) is 19.4. The zero-order valence-electron chi connectivity index (χ0n) is 16.4. The Morgan fingerprint density at radius 2 is 1.70 bits per heavy atom. The molecule has 0 aliphatic carbocycles. The van der Waals surface area contributed by atoms with Gasteiger partial charge in [0, 0.05) is 12.5 Å². The van der Waals surface area contributed by atoms with Crippen LogP contribution in [0.2, 0.25) is 0 Å². The summed E-state index contributed by atoms with van der Waals surface area (Å²) in [7, 11) is 3.02. The van der Waals surface area contributed by atoms with Crippen LogP contribution in [0.4, 0.5) is 5.69 Å². The van der Waals surface area contributed by atoms with Crippen molar-refractivity contribution in [3.63, 3.8) is 0 Å². The van der Waals surface area contributed by atoms with Crippen molar-refractivity contribution in [3.8, 4) is 17.2 Å². The second-order valence-electron chi connectivity index (χ2n) is 6.65. The van der Waals surface area contributed by atoms with E-state index in [2.05, 4.69) is 5.16 Å². The van der Waals surface area contributed by atoms with E-state index in [9.17, 15) is 14.4 Å². The fourth-order valence-electron chi connectivity index (χ4n) is 3.50. The largest absolute Gasteiger partial charge is 0.497 e. The third-order valence-corrected chi connectivity index (χ3v) is 4.85. The number of benzene rings is 2. The lowest BCUT2D eigenvalue weighted by Crippen LogP contribution is -2.33. The van der Waals surface area contributed by atoms with Gasteiger partial charge in [0.15, 0.2) is 0 Å². The number of oxime groups is 1. The number of nitrogens with zero attached hydrogens (tertiary/aromatic N) is 2. The van der Waals surface area contributed by atoms with Gasteiger partial charge < -0.3 is 19.0 Å². The maximum atomic E-state index is 13.2. The smallest absolute Gasteiger partial charge is 0.308 e. The van der Waals surface area contributed by atoms with Gasteiger partial charge in [-0.3, -0.25) is 14.4 Å². The van der Waals surface area contributed by atoms with Crippen molar-refractivity contribution >= 4 is 29.2 Å². The molecule has 0 bridgehead atoms. The average Bonchev–Trinajstić information content (AvgIpc) is 3.28. The molecule has 2 unspecified atom stereocenters. The van der Waals surface area contributed by atoms with Crippen LogP contribution >= 0.6 is 0 Å². The van der Waals surface area contributed by atoms with Crippen LogP contribution in [0.5, 0.6) is 17.2 Å². The van der Waals surface area contributed by atoms with Gasteiger partial charge in [0.2, 0.25) is 12.0 Å². The summed E-state index contributed by atoms with van der Waals surface area (Å²) in [5, 5.41) is 4.01. The number of hydrogen-bond donors (Lipinski definition) is 0. The Balaban J connectivity index is 1.66. The Kier molecular flexibility index (Phi) is 4.86. The molecule has 154 valence electrons. The first-order valence-electron chi connectivity index (χ1n) is 9.07. The van der Waals surface area contributed by atoms with Crippen molar-refractivity contribution < 1.29 is 33.4 Å². The summed E-state index contributed by atoms with van der Waals surface area (Å²) in [6.07, 6.45) is -1.06. The van der Waals surface area contributed by atoms with Crippen LogP contribution in [0.1, 0.15) is 12.5 Å². The van der Waals surface area contributed by atoms with Crippen molar-refractivity contribution in [2.75, 3.05) is 19.1 Å². The molecule has 2 heterocycles. The SMILES string of the molecule is COc1ccc(OC)c(C2=NOC3C(=O)N(c4ccc(OC(C)=O)cc4)C(=O)C23)c1. The molecule has 30 heavy (non-hydrogen) atoms. The molecule has 0 radical (unpaired) electrons. The Labute approximate surface area is 171 Å². The summed E-state index contributed by atoms with van der Waals surface area (Å²) in [5.74, 6) is -1.03. The number of rotatable bonds is 5. The average molecular weight is 410 g/mol. The molecular weight excluding hydrogens is 392 g/mol. The molecule has 2 atom stereocenters. The highest BCUT2D eigenvalue weighted by atomic mass is 16.7. The zero-order chi connectivity index (χ0) is 21.4. The molecule has 0 aromatic heterocycles. The van der Waals surface area contributed by atoms with E-state index in [4.69, 9.17) is 19.0 Å². The standard InChI is InChI=1S/C21H18N2O7/c1-11(24)29-13-6-4-12(5-7-13)23-20(25)17-18(22-30-19(17)21(23)26)15-10-14(27-2)8-9-16(15)28-3/h4-10,17,19H,1-3H3. The first-order valence-corrected chi connectivity index (χ1v) is 9.07. The molecule has 9 heteroatoms. The number of carbonyl (C=O) groups excluding carboxylic acids is 3. The van der Waals surface area contributed by atoms with Crippen LogP contribution in [-0.2, 0) is 19.2 Å². The van der Waals surface area contributed by atoms with E-state index in [0.29, 0.717) is 34.2 Å². The highest BCUT2D eigenvalue weighted by Crippen LogP contribution is 2.38. The molecule has 2 aliphatic heterocycles. The summed E-state index contributed by atoms with van der Waals surface area (Å²) < 4.78 is 15.6. The van der Waals surface area contributed by atoms with Crippen molar-refractivity contribution in [1.29, 1.82) is 0 Å². The predicted octanol–water partition coefficient (Wildman–Crippen LogP) is 1.92. The molecule has 1 saturated heterocycles. The quantitative estimate of drug-likeness (QED) is 0.421. The lowest BCUT2D eigenvalue weighted by atomic mass is 9.93. The number of esters is 1. The van der Waals surface area contributed by atoms with Crippen LogP contribution in [0.25, 0.3) is 0 Å². The molecular formula is C21H18N2O7. The van der Waals surface area contributed by atoms with Gasteiger partial charge in [-0.2, -0.15) is 0 Å². The maximum absolute atomic E-state index is 13.2. The fourth-order valence-corrected chi connectivity index (χ4v) is 3.50. The molecule has 2 aromatic carbocycles. The molecule has 1 fully saturated rings. The minimum absolute atomic E-state index is 0.299. The molecule has 0 spiro atoms.